The highest BCUT2D eigenvalue weighted by atomic mass is 35.5. The molecule has 0 aliphatic rings. The molecule has 0 aliphatic heterocycles. The third-order valence-corrected chi connectivity index (χ3v) is 5.42. The third kappa shape index (κ3) is 2.37. The number of benzene rings is 3. The van der Waals surface area contributed by atoms with Gasteiger partial charge in [-0.25, -0.2) is 0 Å². The number of hydrogen-bond acceptors (Lipinski definition) is 2. The summed E-state index contributed by atoms with van der Waals surface area (Å²) >= 11 is 6.53. The molecule has 5 aromatic rings. The molecule has 0 spiro atoms. The number of H-pyrrole nitrogens is 2. The van der Waals surface area contributed by atoms with Gasteiger partial charge < -0.3 is 19.4 Å². The van der Waals surface area contributed by atoms with Crippen LogP contribution in [0.2, 0.25) is 5.02 Å². The van der Waals surface area contributed by atoms with Gasteiger partial charge in [0.1, 0.15) is 11.5 Å². The Labute approximate surface area is 160 Å². The highest BCUT2D eigenvalue weighted by Crippen LogP contribution is 2.41. The van der Waals surface area contributed by atoms with Crippen LogP contribution in [0.5, 0.6) is 11.5 Å². The van der Waals surface area contributed by atoms with Crippen LogP contribution in [0, 0.1) is 0 Å². The van der Waals surface area contributed by atoms with E-state index in [0.29, 0.717) is 5.02 Å². The Morgan fingerprint density at radius 2 is 1.48 bits per heavy atom. The van der Waals surface area contributed by atoms with E-state index in [1.807, 2.05) is 42.7 Å². The van der Waals surface area contributed by atoms with Crippen molar-refractivity contribution in [3.8, 4) is 22.6 Å². The van der Waals surface area contributed by atoms with Gasteiger partial charge in [-0.15, -0.1) is 0 Å². The first-order valence-electron chi connectivity index (χ1n) is 8.62. The zero-order chi connectivity index (χ0) is 18.5. The molecule has 3 aromatic carbocycles. The molecule has 2 heterocycles. The van der Waals surface area contributed by atoms with Crippen molar-refractivity contribution in [1.29, 1.82) is 0 Å². The number of ether oxygens (including phenoxy) is 2. The summed E-state index contributed by atoms with van der Waals surface area (Å²) in [4.78, 5) is 6.78. The van der Waals surface area contributed by atoms with Crippen molar-refractivity contribution in [2.75, 3.05) is 14.2 Å². The minimum Gasteiger partial charge on any atom is -0.497 e. The Morgan fingerprint density at radius 1 is 0.741 bits per heavy atom. The summed E-state index contributed by atoms with van der Waals surface area (Å²) in [5, 5.41) is 5.25. The summed E-state index contributed by atoms with van der Waals surface area (Å²) in [5.74, 6) is 1.62. The fourth-order valence-electron chi connectivity index (χ4n) is 3.79. The summed E-state index contributed by atoms with van der Waals surface area (Å²) in [7, 11) is 3.35. The minimum atomic E-state index is 0.690. The smallest absolute Gasteiger partial charge is 0.119 e. The van der Waals surface area contributed by atoms with Crippen molar-refractivity contribution < 1.29 is 9.47 Å². The molecule has 0 saturated carbocycles. The maximum atomic E-state index is 6.53. The van der Waals surface area contributed by atoms with Gasteiger partial charge in [0.05, 0.1) is 14.2 Å². The summed E-state index contributed by atoms with van der Waals surface area (Å²) < 4.78 is 10.8. The first kappa shape index (κ1) is 16.1. The van der Waals surface area contributed by atoms with Gasteiger partial charge >= 0.3 is 0 Å². The molecule has 0 unspecified atom stereocenters. The highest BCUT2D eigenvalue weighted by Gasteiger charge is 2.16. The van der Waals surface area contributed by atoms with E-state index in [4.69, 9.17) is 21.1 Å². The second kappa shape index (κ2) is 5.96. The maximum absolute atomic E-state index is 6.53. The van der Waals surface area contributed by atoms with Crippen molar-refractivity contribution in [1.82, 2.24) is 9.97 Å². The molecule has 0 aliphatic carbocycles. The van der Waals surface area contributed by atoms with E-state index >= 15 is 0 Å². The monoisotopic (exact) mass is 376 g/mol. The molecule has 2 aromatic heterocycles. The van der Waals surface area contributed by atoms with E-state index in [-0.39, 0.29) is 0 Å². The van der Waals surface area contributed by atoms with E-state index < -0.39 is 0 Å². The van der Waals surface area contributed by atoms with Crippen molar-refractivity contribution >= 4 is 44.2 Å². The molecular weight excluding hydrogens is 360 g/mol. The average Bonchev–Trinajstić information content (AvgIpc) is 3.31. The third-order valence-electron chi connectivity index (χ3n) is 5.09. The molecule has 4 nitrogen and oxygen atoms in total. The Balaban J connectivity index is 1.90. The molecule has 0 saturated heterocycles. The van der Waals surface area contributed by atoms with Crippen LogP contribution < -0.4 is 9.47 Å². The van der Waals surface area contributed by atoms with Crippen LogP contribution in [0.15, 0.2) is 54.9 Å². The van der Waals surface area contributed by atoms with Crippen molar-refractivity contribution in [2.24, 2.45) is 0 Å². The Hall–Kier alpha value is -3.11. The molecule has 5 rings (SSSR count). The summed E-state index contributed by atoms with van der Waals surface area (Å²) in [6.07, 6.45) is 4.04. The zero-order valence-electron chi connectivity index (χ0n) is 14.9. The number of hydrogen-bond donors (Lipinski definition) is 2. The van der Waals surface area contributed by atoms with Crippen LogP contribution in [-0.2, 0) is 0 Å². The number of aromatic nitrogens is 2. The van der Waals surface area contributed by atoms with Gasteiger partial charge in [-0.3, -0.25) is 0 Å². The predicted molar refractivity (Wildman–Crippen MR) is 111 cm³/mol. The first-order valence-corrected chi connectivity index (χ1v) is 9.00. The molecular formula is C22H17ClN2O2. The Kier molecular flexibility index (Phi) is 3.55. The van der Waals surface area contributed by atoms with E-state index in [2.05, 4.69) is 22.1 Å². The largest absolute Gasteiger partial charge is 0.497 e. The van der Waals surface area contributed by atoms with Crippen LogP contribution in [-0.4, -0.2) is 24.2 Å². The lowest BCUT2D eigenvalue weighted by Gasteiger charge is -2.10. The minimum absolute atomic E-state index is 0.690. The Bertz CT molecular complexity index is 1320. The van der Waals surface area contributed by atoms with Crippen LogP contribution in [0.4, 0.5) is 0 Å². The SMILES string of the molecule is COc1ccc(Cl)c(-c2cc3[nH]c4ccc(OC)cc4c3c3c[nH]cc23)c1. The summed E-state index contributed by atoms with van der Waals surface area (Å²) in [5.41, 5.74) is 4.13. The lowest BCUT2D eigenvalue weighted by Crippen LogP contribution is -1.86. The number of nitrogens with one attached hydrogen (secondary N) is 2. The number of halogens is 1. The topological polar surface area (TPSA) is 50.0 Å². The van der Waals surface area contributed by atoms with Gasteiger partial charge in [0, 0.05) is 55.6 Å². The molecule has 0 atom stereocenters. The molecule has 0 amide bonds. The van der Waals surface area contributed by atoms with Gasteiger partial charge in [0.2, 0.25) is 0 Å². The number of fused-ring (bicyclic) bond motifs is 5. The van der Waals surface area contributed by atoms with E-state index in [1.165, 1.54) is 5.39 Å². The molecule has 27 heavy (non-hydrogen) atoms. The van der Waals surface area contributed by atoms with Gasteiger partial charge in [-0.1, -0.05) is 11.6 Å². The molecule has 2 N–H and O–H groups in total. The lowest BCUT2D eigenvalue weighted by molar-refractivity contribution is 0.415. The number of rotatable bonds is 3. The van der Waals surface area contributed by atoms with Crippen molar-refractivity contribution in [3.05, 3.63) is 59.9 Å². The predicted octanol–water partition coefficient (Wildman–Crippen LogP) is 6.14. The zero-order valence-corrected chi connectivity index (χ0v) is 15.6. The van der Waals surface area contributed by atoms with Crippen LogP contribution in [0.25, 0.3) is 43.7 Å². The molecule has 5 heteroatoms. The van der Waals surface area contributed by atoms with E-state index in [0.717, 1.165) is 49.8 Å². The normalized spacial score (nSPS) is 11.5. The van der Waals surface area contributed by atoms with Gasteiger partial charge in [-0.05, 0) is 48.0 Å². The van der Waals surface area contributed by atoms with Gasteiger partial charge in [-0.2, -0.15) is 0 Å². The maximum Gasteiger partial charge on any atom is 0.119 e. The average molecular weight is 377 g/mol. The molecule has 0 bridgehead atoms. The summed E-state index contributed by atoms with van der Waals surface area (Å²) in [6, 6.07) is 13.9. The quantitative estimate of drug-likeness (QED) is 0.397. The second-order valence-corrected chi connectivity index (χ2v) is 6.92. The van der Waals surface area contributed by atoms with Gasteiger partial charge in [0.15, 0.2) is 0 Å². The standard InChI is InChI=1S/C22H17ClN2O2/c1-26-12-3-5-19(23)15(7-12)14-9-21-22(18-11-24-10-17(14)18)16-8-13(27-2)4-6-20(16)25-21/h3-11,24-25H,1-2H3. The lowest BCUT2D eigenvalue weighted by atomic mass is 9.97. The van der Waals surface area contributed by atoms with Gasteiger partial charge in [0.25, 0.3) is 0 Å². The Morgan fingerprint density at radius 3 is 2.30 bits per heavy atom. The van der Waals surface area contributed by atoms with Crippen molar-refractivity contribution in [2.45, 2.75) is 0 Å². The van der Waals surface area contributed by atoms with Crippen molar-refractivity contribution in [3.63, 3.8) is 0 Å². The fourth-order valence-corrected chi connectivity index (χ4v) is 4.01. The molecule has 134 valence electrons. The molecule has 0 radical (unpaired) electrons. The second-order valence-electron chi connectivity index (χ2n) is 6.51. The summed E-state index contributed by atoms with van der Waals surface area (Å²) in [6.45, 7) is 0. The number of aromatic amines is 2. The van der Waals surface area contributed by atoms with Crippen LogP contribution in [0.1, 0.15) is 0 Å². The van der Waals surface area contributed by atoms with Crippen LogP contribution >= 0.6 is 11.6 Å². The van der Waals surface area contributed by atoms with E-state index in [9.17, 15) is 0 Å². The number of methoxy groups -OCH3 is 2. The van der Waals surface area contributed by atoms with E-state index in [1.54, 1.807) is 14.2 Å². The highest BCUT2D eigenvalue weighted by molar-refractivity contribution is 6.34. The fraction of sp³-hybridized carbons (Fsp3) is 0.0909. The molecule has 0 fully saturated rings. The first-order chi connectivity index (χ1) is 13.2. The van der Waals surface area contributed by atoms with Crippen LogP contribution in [0.3, 0.4) is 0 Å².